The van der Waals surface area contributed by atoms with Gasteiger partial charge in [0, 0.05) is 12.8 Å². The maximum absolute atomic E-state index is 13.6. The lowest BCUT2D eigenvalue weighted by molar-refractivity contribution is -0.870. The summed E-state index contributed by atoms with van der Waals surface area (Å²) in [5.41, 5.74) is 0. The molecule has 0 heterocycles. The molecule has 9 nitrogen and oxygen atoms in total. The number of nitrogens with one attached hydrogen (secondary N) is 1. The van der Waals surface area contributed by atoms with E-state index in [0.29, 0.717) is 17.4 Å². The molecular weight excluding hydrogens is 1000 g/mol. The van der Waals surface area contributed by atoms with Crippen molar-refractivity contribution in [1.29, 1.82) is 0 Å². The Morgan fingerprint density at radius 3 is 1.08 bits per heavy atom. The van der Waals surface area contributed by atoms with Gasteiger partial charge >= 0.3 is 5.97 Å². The van der Waals surface area contributed by atoms with Gasteiger partial charge in [-0.3, -0.25) is 14.2 Å². The number of esters is 1. The van der Waals surface area contributed by atoms with Crippen LogP contribution in [0.4, 0.5) is 0 Å². The molecular formula is C69H135N2O7P. The van der Waals surface area contributed by atoms with Gasteiger partial charge in [0.05, 0.1) is 33.8 Å². The fraction of sp³-hybridized carbons (Fsp3) is 0.913. The molecule has 1 amide bonds. The van der Waals surface area contributed by atoms with E-state index in [-0.39, 0.29) is 31.5 Å². The minimum atomic E-state index is -4.70. The highest BCUT2D eigenvalue weighted by Gasteiger charge is 2.27. The molecule has 0 spiro atoms. The van der Waals surface area contributed by atoms with E-state index in [0.717, 1.165) is 57.8 Å². The normalized spacial score (nSPS) is 13.7. The molecule has 0 fully saturated rings. The van der Waals surface area contributed by atoms with E-state index >= 15 is 0 Å². The topological polar surface area (TPSA) is 114 Å². The van der Waals surface area contributed by atoms with Gasteiger partial charge in [0.2, 0.25) is 5.91 Å². The van der Waals surface area contributed by atoms with Gasteiger partial charge in [0.1, 0.15) is 19.3 Å². The lowest BCUT2D eigenvalue weighted by Crippen LogP contribution is -2.47. The second kappa shape index (κ2) is 59.6. The second-order valence-electron chi connectivity index (χ2n) is 25.0. The third-order valence-electron chi connectivity index (χ3n) is 15.9. The van der Waals surface area contributed by atoms with Crippen LogP contribution in [0.15, 0.2) is 24.3 Å². The number of rotatable bonds is 64. The molecule has 0 rings (SSSR count). The van der Waals surface area contributed by atoms with Gasteiger partial charge in [-0.05, 0) is 57.4 Å². The Kier molecular flexibility index (Phi) is 58.5. The minimum absolute atomic E-state index is 0.0184. The molecule has 0 saturated heterocycles. The van der Waals surface area contributed by atoms with Gasteiger partial charge in [-0.15, -0.1) is 0 Å². The van der Waals surface area contributed by atoms with Crippen molar-refractivity contribution in [1.82, 2.24) is 5.32 Å². The van der Waals surface area contributed by atoms with Crippen molar-refractivity contribution in [3.63, 3.8) is 0 Å². The summed E-state index contributed by atoms with van der Waals surface area (Å²) in [5.74, 6) is -0.519. The number of phosphoric acid groups is 1. The van der Waals surface area contributed by atoms with Crippen LogP contribution in [-0.2, 0) is 27.9 Å². The highest BCUT2D eigenvalue weighted by Crippen LogP contribution is 2.38. The van der Waals surface area contributed by atoms with Gasteiger partial charge in [0.15, 0.2) is 0 Å². The summed E-state index contributed by atoms with van der Waals surface area (Å²) >= 11 is 0. The number of unbranched alkanes of at least 4 members (excludes halogenated alkanes) is 46. The molecule has 0 aliphatic heterocycles. The van der Waals surface area contributed by atoms with E-state index in [2.05, 4.69) is 38.2 Å². The molecule has 0 aromatic heterocycles. The van der Waals surface area contributed by atoms with Crippen LogP contribution < -0.4 is 10.2 Å². The molecule has 3 unspecified atom stereocenters. The van der Waals surface area contributed by atoms with E-state index in [1.807, 2.05) is 33.3 Å². The number of hydrogen-bond donors (Lipinski definition) is 1. The summed E-state index contributed by atoms with van der Waals surface area (Å²) in [4.78, 5) is 40.1. The van der Waals surface area contributed by atoms with Crippen molar-refractivity contribution in [2.45, 2.75) is 367 Å². The van der Waals surface area contributed by atoms with Gasteiger partial charge in [0.25, 0.3) is 7.82 Å². The third-order valence-corrected chi connectivity index (χ3v) is 16.8. The summed E-state index contributed by atoms with van der Waals surface area (Å²) < 4.78 is 30.4. The Morgan fingerprint density at radius 1 is 0.430 bits per heavy atom. The first-order valence-electron chi connectivity index (χ1n) is 34.6. The van der Waals surface area contributed by atoms with Crippen LogP contribution in [0.1, 0.15) is 355 Å². The van der Waals surface area contributed by atoms with Crippen LogP contribution in [0.3, 0.4) is 0 Å². The molecule has 3 atom stereocenters. The lowest BCUT2D eigenvalue weighted by atomic mass is 10.0. The average Bonchev–Trinajstić information content (AvgIpc) is 3.41. The van der Waals surface area contributed by atoms with Crippen molar-refractivity contribution in [2.24, 2.45) is 0 Å². The molecule has 0 bridgehead atoms. The number of hydrogen-bond acceptors (Lipinski definition) is 7. The van der Waals surface area contributed by atoms with Gasteiger partial charge in [-0.2, -0.15) is 0 Å². The molecule has 468 valence electrons. The van der Waals surface area contributed by atoms with Crippen molar-refractivity contribution in [3.05, 3.63) is 24.3 Å². The largest absolute Gasteiger partial charge is 0.756 e. The number of quaternary nitrogens is 1. The Morgan fingerprint density at radius 2 is 0.734 bits per heavy atom. The molecule has 79 heavy (non-hydrogen) atoms. The van der Waals surface area contributed by atoms with E-state index in [1.165, 1.54) is 263 Å². The fourth-order valence-electron chi connectivity index (χ4n) is 10.5. The zero-order valence-corrected chi connectivity index (χ0v) is 54.5. The molecule has 0 radical (unpaired) electrons. The van der Waals surface area contributed by atoms with Crippen LogP contribution in [-0.4, -0.2) is 69.4 Å². The molecule has 10 heteroatoms. The highest BCUT2D eigenvalue weighted by molar-refractivity contribution is 7.45. The molecule has 0 aliphatic rings. The number of nitrogens with zero attached hydrogens (tertiary/aromatic N) is 1. The summed E-state index contributed by atoms with van der Waals surface area (Å²) in [6.07, 6.45) is 71.5. The van der Waals surface area contributed by atoms with Crippen LogP contribution in [0.25, 0.3) is 0 Å². The molecule has 1 N–H and O–H groups in total. The first kappa shape index (κ1) is 77.5. The second-order valence-corrected chi connectivity index (χ2v) is 26.5. The smallest absolute Gasteiger partial charge is 0.306 e. The van der Waals surface area contributed by atoms with Gasteiger partial charge in [-0.25, -0.2) is 0 Å². The number of carbonyl (C=O) groups is 2. The first-order chi connectivity index (χ1) is 38.4. The maximum Gasteiger partial charge on any atom is 0.306 e. The fourth-order valence-corrected chi connectivity index (χ4v) is 11.2. The SMILES string of the molecule is CCCCCCCC/C=C/CCCCCCCCCCCCCC(=O)NC(COP(=O)([O-])OCC[N+](C)(C)C)C(/C=C/CCCCCCCCCCCCC)OC(=O)CCCCCCCCCCCCCCCCCCCCC. The number of carbonyl (C=O) groups excluding carboxylic acids is 2. The maximum atomic E-state index is 13.6. The van der Waals surface area contributed by atoms with Crippen LogP contribution in [0.5, 0.6) is 0 Å². The van der Waals surface area contributed by atoms with E-state index in [9.17, 15) is 19.0 Å². The number of allylic oxidation sites excluding steroid dienone is 3. The van der Waals surface area contributed by atoms with E-state index in [4.69, 9.17) is 13.8 Å². The Hall–Kier alpha value is -1.51. The molecule has 0 aromatic carbocycles. The number of amides is 1. The molecule has 0 saturated carbocycles. The van der Waals surface area contributed by atoms with Gasteiger partial charge < -0.3 is 28.5 Å². The highest BCUT2D eigenvalue weighted by atomic mass is 31.2. The predicted molar refractivity (Wildman–Crippen MR) is 340 cm³/mol. The van der Waals surface area contributed by atoms with Crippen molar-refractivity contribution < 1.29 is 37.3 Å². The Balaban J connectivity index is 5.13. The Bertz CT molecular complexity index is 1400. The minimum Gasteiger partial charge on any atom is -0.756 e. The predicted octanol–water partition coefficient (Wildman–Crippen LogP) is 21.0. The number of ether oxygens (including phenoxy) is 1. The number of phosphoric ester groups is 1. The third kappa shape index (κ3) is 60.9. The van der Waals surface area contributed by atoms with Crippen LogP contribution in [0.2, 0.25) is 0 Å². The lowest BCUT2D eigenvalue weighted by Gasteiger charge is -2.30. The summed E-state index contributed by atoms with van der Waals surface area (Å²) in [5, 5.41) is 3.05. The first-order valence-corrected chi connectivity index (χ1v) is 36.1. The number of likely N-dealkylation sites (N-methyl/N-ethyl adjacent to an activating group) is 1. The van der Waals surface area contributed by atoms with Crippen LogP contribution in [0, 0.1) is 0 Å². The summed E-state index contributed by atoms with van der Waals surface area (Å²) in [7, 11) is 1.21. The monoisotopic (exact) mass is 1140 g/mol. The van der Waals surface area contributed by atoms with Crippen molar-refractivity contribution in [3.8, 4) is 0 Å². The quantitative estimate of drug-likeness (QED) is 0.0212. The Labute approximate surface area is 492 Å². The van der Waals surface area contributed by atoms with E-state index < -0.39 is 20.0 Å². The van der Waals surface area contributed by atoms with E-state index in [1.54, 1.807) is 0 Å². The zero-order chi connectivity index (χ0) is 57.9. The molecule has 0 aromatic rings. The molecule has 0 aliphatic carbocycles. The standard InChI is InChI=1S/C69H135N2O7P/c1-7-10-13-16-19-22-25-28-30-32-34-35-37-38-40-43-46-49-52-55-58-61-68(72)70-66(65-77-79(74,75)76-64-63-71(4,5)6)67(60-57-54-51-48-45-42-27-24-21-18-15-12-9-3)78-69(73)62-59-56-53-50-47-44-41-39-36-33-31-29-26-23-20-17-14-11-8-2/h28,30,57,60,66-67H,7-27,29,31-56,58-59,61-65H2,1-6H3,(H-,70,72,74,75)/b30-28+,60-57+. The summed E-state index contributed by atoms with van der Waals surface area (Å²) in [6, 6.07) is -0.884. The summed E-state index contributed by atoms with van der Waals surface area (Å²) in [6.45, 7) is 6.91. The van der Waals surface area contributed by atoms with Crippen molar-refractivity contribution >= 4 is 19.7 Å². The average molecular weight is 1140 g/mol. The van der Waals surface area contributed by atoms with Gasteiger partial charge in [-0.1, -0.05) is 309 Å². The van der Waals surface area contributed by atoms with Crippen molar-refractivity contribution in [2.75, 3.05) is 40.9 Å². The zero-order valence-electron chi connectivity index (χ0n) is 53.6. The van der Waals surface area contributed by atoms with Crippen LogP contribution >= 0.6 is 7.82 Å².